The molecule has 4 nitrogen and oxygen atoms in total. The lowest BCUT2D eigenvalue weighted by Crippen LogP contribution is -2.33. The van der Waals surface area contributed by atoms with Crippen molar-refractivity contribution in [3.05, 3.63) is 24.0 Å². The summed E-state index contributed by atoms with van der Waals surface area (Å²) in [7, 11) is -3.67. The fourth-order valence-corrected chi connectivity index (χ4v) is 3.78. The molecule has 0 aromatic heterocycles. The Labute approximate surface area is 119 Å². The summed E-state index contributed by atoms with van der Waals surface area (Å²) in [5, 5.41) is 0. The van der Waals surface area contributed by atoms with Crippen molar-refractivity contribution in [2.45, 2.75) is 37.5 Å². The van der Waals surface area contributed by atoms with Crippen LogP contribution in [0.1, 0.15) is 32.6 Å². The summed E-state index contributed by atoms with van der Waals surface area (Å²) in [6, 6.07) is 3.56. The van der Waals surface area contributed by atoms with Gasteiger partial charge in [-0.15, -0.1) is 0 Å². The highest BCUT2D eigenvalue weighted by atomic mass is 32.2. The van der Waals surface area contributed by atoms with Crippen LogP contribution in [0.5, 0.6) is 0 Å². The Morgan fingerprint density at radius 1 is 1.35 bits per heavy atom. The number of anilines is 1. The van der Waals surface area contributed by atoms with Gasteiger partial charge in [0.15, 0.2) is 0 Å². The van der Waals surface area contributed by atoms with E-state index in [0.717, 1.165) is 25.3 Å². The van der Waals surface area contributed by atoms with Crippen LogP contribution in [0.15, 0.2) is 23.1 Å². The van der Waals surface area contributed by atoms with Gasteiger partial charge in [0.1, 0.15) is 5.82 Å². The van der Waals surface area contributed by atoms with E-state index in [1.807, 2.05) is 0 Å². The molecule has 0 spiro atoms. The first-order chi connectivity index (χ1) is 9.40. The number of nitrogen functional groups attached to an aromatic ring is 1. The highest BCUT2D eigenvalue weighted by Gasteiger charge is 2.24. The van der Waals surface area contributed by atoms with Crippen LogP contribution in [0.2, 0.25) is 0 Å². The molecule has 0 bridgehead atoms. The van der Waals surface area contributed by atoms with Crippen molar-refractivity contribution in [2.75, 3.05) is 12.3 Å². The Bertz CT molecular complexity index is 575. The molecule has 2 atom stereocenters. The fourth-order valence-electron chi connectivity index (χ4n) is 2.67. The largest absolute Gasteiger partial charge is 0.396 e. The van der Waals surface area contributed by atoms with E-state index in [1.165, 1.54) is 18.6 Å². The molecule has 1 fully saturated rings. The van der Waals surface area contributed by atoms with Gasteiger partial charge in [-0.3, -0.25) is 0 Å². The number of nitrogens with two attached hydrogens (primary N) is 1. The molecular formula is C14H21FN2O2S. The topological polar surface area (TPSA) is 72.2 Å². The van der Waals surface area contributed by atoms with Crippen LogP contribution in [0, 0.1) is 17.7 Å². The van der Waals surface area contributed by atoms with Crippen LogP contribution in [0.25, 0.3) is 0 Å². The zero-order valence-corrected chi connectivity index (χ0v) is 12.4. The minimum absolute atomic E-state index is 0.0511. The Balaban J connectivity index is 2.05. The number of sulfonamides is 1. The molecule has 20 heavy (non-hydrogen) atoms. The fraction of sp³-hybridized carbons (Fsp3) is 0.571. The van der Waals surface area contributed by atoms with Gasteiger partial charge in [-0.1, -0.05) is 26.2 Å². The summed E-state index contributed by atoms with van der Waals surface area (Å²) in [4.78, 5) is -0.0762. The van der Waals surface area contributed by atoms with E-state index in [9.17, 15) is 12.8 Å². The van der Waals surface area contributed by atoms with Gasteiger partial charge in [0.2, 0.25) is 10.0 Å². The predicted octanol–water partition coefficient (Wildman–Crippen LogP) is 2.51. The number of halogens is 1. The van der Waals surface area contributed by atoms with Crippen molar-refractivity contribution in [3.8, 4) is 0 Å². The Morgan fingerprint density at radius 3 is 2.70 bits per heavy atom. The number of hydrogen-bond donors (Lipinski definition) is 2. The zero-order valence-electron chi connectivity index (χ0n) is 11.6. The van der Waals surface area contributed by atoms with E-state index in [-0.39, 0.29) is 10.6 Å². The Kier molecular flexibility index (Phi) is 4.65. The average molecular weight is 300 g/mol. The van der Waals surface area contributed by atoms with Crippen LogP contribution in [-0.2, 0) is 10.0 Å². The van der Waals surface area contributed by atoms with Crippen LogP contribution in [0.4, 0.5) is 10.1 Å². The third kappa shape index (κ3) is 3.49. The average Bonchev–Trinajstić information content (AvgIpc) is 2.41. The van der Waals surface area contributed by atoms with Gasteiger partial charge in [0.25, 0.3) is 0 Å². The van der Waals surface area contributed by atoms with Gasteiger partial charge in [0.05, 0.1) is 10.6 Å². The normalized spacial score (nSPS) is 23.7. The van der Waals surface area contributed by atoms with E-state index in [4.69, 9.17) is 5.73 Å². The number of hydrogen-bond acceptors (Lipinski definition) is 3. The van der Waals surface area contributed by atoms with Gasteiger partial charge < -0.3 is 5.73 Å². The summed E-state index contributed by atoms with van der Waals surface area (Å²) in [6.45, 7) is 2.57. The monoisotopic (exact) mass is 300 g/mol. The van der Waals surface area contributed by atoms with Crippen molar-refractivity contribution in [1.29, 1.82) is 0 Å². The molecule has 1 aromatic rings. The molecule has 0 radical (unpaired) electrons. The van der Waals surface area contributed by atoms with Gasteiger partial charge in [0, 0.05) is 6.54 Å². The molecule has 3 N–H and O–H groups in total. The molecule has 6 heteroatoms. The Morgan fingerprint density at radius 2 is 2.05 bits per heavy atom. The molecule has 1 aliphatic carbocycles. The second-order valence-corrected chi connectivity index (χ2v) is 7.32. The van der Waals surface area contributed by atoms with Crippen LogP contribution in [0.3, 0.4) is 0 Å². The maximum Gasteiger partial charge on any atom is 0.240 e. The second kappa shape index (κ2) is 6.10. The van der Waals surface area contributed by atoms with Gasteiger partial charge in [-0.25, -0.2) is 17.5 Å². The molecule has 2 rings (SSSR count). The smallest absolute Gasteiger partial charge is 0.240 e. The molecule has 112 valence electrons. The lowest BCUT2D eigenvalue weighted by atomic mass is 9.81. The van der Waals surface area contributed by atoms with Crippen LogP contribution in [-0.4, -0.2) is 15.0 Å². The van der Waals surface area contributed by atoms with Crippen molar-refractivity contribution >= 4 is 15.7 Å². The number of benzene rings is 1. The molecule has 0 saturated heterocycles. The summed E-state index contributed by atoms with van der Waals surface area (Å²) in [6.07, 6.45) is 4.55. The third-order valence-corrected chi connectivity index (χ3v) is 5.53. The first kappa shape index (κ1) is 15.3. The number of rotatable bonds is 4. The molecule has 1 aromatic carbocycles. The van der Waals surface area contributed by atoms with Crippen LogP contribution < -0.4 is 10.5 Å². The summed E-state index contributed by atoms with van der Waals surface area (Å²) < 4.78 is 40.2. The molecule has 2 unspecified atom stereocenters. The van der Waals surface area contributed by atoms with E-state index < -0.39 is 15.8 Å². The second-order valence-electron chi connectivity index (χ2n) is 5.56. The molecule has 0 heterocycles. The maximum atomic E-state index is 13.3. The van der Waals surface area contributed by atoms with E-state index >= 15 is 0 Å². The molecule has 0 aliphatic heterocycles. The zero-order chi connectivity index (χ0) is 14.8. The molecule has 1 saturated carbocycles. The summed E-state index contributed by atoms with van der Waals surface area (Å²) >= 11 is 0. The maximum absolute atomic E-state index is 13.3. The summed E-state index contributed by atoms with van der Waals surface area (Å²) in [5.41, 5.74) is 5.30. The molecule has 0 amide bonds. The molecular weight excluding hydrogens is 279 g/mol. The van der Waals surface area contributed by atoms with E-state index in [0.29, 0.717) is 18.4 Å². The lowest BCUT2D eigenvalue weighted by molar-refractivity contribution is 0.257. The minimum Gasteiger partial charge on any atom is -0.396 e. The standard InChI is InChI=1S/C14H21FN2O2S/c1-10-4-2-3-5-11(10)9-17-20(18,19)12-6-7-14(16)13(15)8-12/h6-8,10-11,17H,2-5,9,16H2,1H3. The Hall–Kier alpha value is -1.14. The van der Waals surface area contributed by atoms with Gasteiger partial charge in [-0.05, 0) is 36.5 Å². The predicted molar refractivity (Wildman–Crippen MR) is 77.1 cm³/mol. The van der Waals surface area contributed by atoms with Crippen LogP contribution >= 0.6 is 0 Å². The third-order valence-electron chi connectivity index (χ3n) is 4.11. The van der Waals surface area contributed by atoms with Gasteiger partial charge in [-0.2, -0.15) is 0 Å². The lowest BCUT2D eigenvalue weighted by Gasteiger charge is -2.28. The minimum atomic E-state index is -3.67. The van der Waals surface area contributed by atoms with Crippen molar-refractivity contribution < 1.29 is 12.8 Å². The summed E-state index contributed by atoms with van der Waals surface area (Å²) in [5.74, 6) is 0.172. The van der Waals surface area contributed by atoms with Crippen molar-refractivity contribution in [1.82, 2.24) is 4.72 Å². The first-order valence-corrected chi connectivity index (χ1v) is 8.43. The van der Waals surface area contributed by atoms with E-state index in [1.54, 1.807) is 0 Å². The first-order valence-electron chi connectivity index (χ1n) is 6.95. The highest BCUT2D eigenvalue weighted by Crippen LogP contribution is 2.29. The van der Waals surface area contributed by atoms with Crippen molar-refractivity contribution in [2.24, 2.45) is 11.8 Å². The quantitative estimate of drug-likeness (QED) is 0.839. The van der Waals surface area contributed by atoms with Crippen molar-refractivity contribution in [3.63, 3.8) is 0 Å². The number of nitrogens with one attached hydrogen (secondary N) is 1. The SMILES string of the molecule is CC1CCCCC1CNS(=O)(=O)c1ccc(N)c(F)c1. The van der Waals surface area contributed by atoms with Gasteiger partial charge >= 0.3 is 0 Å². The molecule has 1 aliphatic rings. The highest BCUT2D eigenvalue weighted by molar-refractivity contribution is 7.89. The van der Waals surface area contributed by atoms with E-state index in [2.05, 4.69) is 11.6 Å².